The van der Waals surface area contributed by atoms with Crippen molar-refractivity contribution in [2.45, 2.75) is 27.2 Å². The van der Waals surface area contributed by atoms with Gasteiger partial charge in [0.25, 0.3) is 0 Å². The third-order valence-electron chi connectivity index (χ3n) is 4.93. The Kier molecular flexibility index (Phi) is 4.88. The molecule has 0 fully saturated rings. The zero-order chi connectivity index (χ0) is 20.6. The molecule has 0 spiro atoms. The fourth-order valence-corrected chi connectivity index (χ4v) is 4.62. The van der Waals surface area contributed by atoms with E-state index in [1.165, 1.54) is 0 Å². The number of amidine groups is 1. The summed E-state index contributed by atoms with van der Waals surface area (Å²) in [5, 5.41) is 5.48. The molecule has 0 saturated heterocycles. The lowest BCUT2D eigenvalue weighted by molar-refractivity contribution is 0.589. The highest BCUT2D eigenvalue weighted by Gasteiger charge is 2.19. The third-order valence-corrected chi connectivity index (χ3v) is 5.89. The molecule has 0 saturated carbocycles. The molecule has 29 heavy (non-hydrogen) atoms. The molecule has 0 amide bonds. The van der Waals surface area contributed by atoms with Gasteiger partial charge < -0.3 is 5.32 Å². The average Bonchev–Trinajstić information content (AvgIpc) is 2.63. The summed E-state index contributed by atoms with van der Waals surface area (Å²) in [6.07, 6.45) is 2.23. The van der Waals surface area contributed by atoms with Gasteiger partial charge in [-0.2, -0.15) is 8.42 Å². The van der Waals surface area contributed by atoms with Gasteiger partial charge in [0.15, 0.2) is 0 Å². The first-order chi connectivity index (χ1) is 13.8. The van der Waals surface area contributed by atoms with Gasteiger partial charge in [-0.1, -0.05) is 60.2 Å². The van der Waals surface area contributed by atoms with E-state index in [2.05, 4.69) is 50.8 Å². The highest BCUT2D eigenvalue weighted by molar-refractivity contribution is 7.88. The van der Waals surface area contributed by atoms with Gasteiger partial charge in [0, 0.05) is 23.9 Å². The number of anilines is 1. The largest absolute Gasteiger partial charge is 0.343 e. The van der Waals surface area contributed by atoms with Gasteiger partial charge in [0.1, 0.15) is 5.84 Å². The van der Waals surface area contributed by atoms with Gasteiger partial charge in [-0.3, -0.25) is 4.72 Å². The Morgan fingerprint density at radius 3 is 2.34 bits per heavy atom. The summed E-state index contributed by atoms with van der Waals surface area (Å²) in [4.78, 5) is 0. The van der Waals surface area contributed by atoms with Gasteiger partial charge in [-0.25, -0.2) is 0 Å². The van der Waals surface area contributed by atoms with E-state index in [0.717, 1.165) is 38.7 Å². The van der Waals surface area contributed by atoms with E-state index in [-0.39, 0.29) is 0 Å². The van der Waals surface area contributed by atoms with Crippen molar-refractivity contribution in [3.63, 3.8) is 0 Å². The van der Waals surface area contributed by atoms with Crippen LogP contribution < -0.4 is 10.0 Å². The lowest BCUT2D eigenvalue weighted by Gasteiger charge is -2.19. The standard InChI is InChI=1S/C23H23N3O2S/c1-15-10-16(2)23(17(3)11-15)24-22-14-21(25-29(27,28)26-22)13-18-8-9-19-6-4-5-7-20(19)12-18/h4-12,14,25H,13H2,1-3H3,(H,24,26). The molecule has 148 valence electrons. The molecule has 0 aliphatic carbocycles. The fourth-order valence-electron chi connectivity index (χ4n) is 3.76. The van der Waals surface area contributed by atoms with E-state index in [0.29, 0.717) is 18.0 Å². The summed E-state index contributed by atoms with van der Waals surface area (Å²) in [6, 6.07) is 18.4. The molecule has 0 unspecified atom stereocenters. The molecule has 3 aromatic carbocycles. The second-order valence-corrected chi connectivity index (χ2v) is 8.82. The minimum Gasteiger partial charge on any atom is -0.339 e. The molecule has 3 aromatic rings. The Bertz CT molecular complexity index is 1250. The number of hydrogen-bond acceptors (Lipinski definition) is 3. The van der Waals surface area contributed by atoms with E-state index >= 15 is 0 Å². The summed E-state index contributed by atoms with van der Waals surface area (Å²) < 4.78 is 31.0. The second kappa shape index (κ2) is 7.37. The number of rotatable bonds is 3. The predicted octanol–water partition coefficient (Wildman–Crippen LogP) is 4.55. The maximum Gasteiger partial charge on any atom is 0.343 e. The second-order valence-electron chi connectivity index (χ2n) is 7.48. The predicted molar refractivity (Wildman–Crippen MR) is 120 cm³/mol. The highest BCUT2D eigenvalue weighted by Crippen LogP contribution is 2.23. The van der Waals surface area contributed by atoms with Crippen molar-refractivity contribution < 1.29 is 8.42 Å². The first kappa shape index (κ1) is 19.2. The van der Waals surface area contributed by atoms with E-state index < -0.39 is 10.2 Å². The zero-order valence-corrected chi connectivity index (χ0v) is 17.5. The molecule has 0 aromatic heterocycles. The Morgan fingerprint density at radius 1 is 0.931 bits per heavy atom. The van der Waals surface area contributed by atoms with Crippen molar-refractivity contribution in [3.05, 3.63) is 88.6 Å². The van der Waals surface area contributed by atoms with E-state index in [1.807, 2.05) is 39.0 Å². The summed E-state index contributed by atoms with van der Waals surface area (Å²) in [5.74, 6) is 0.314. The minimum atomic E-state index is -3.79. The lowest BCUT2D eigenvalue weighted by atomic mass is 10.0. The SMILES string of the molecule is Cc1cc(C)c(NC2=NS(=O)(=O)NC(Cc3ccc4ccccc4c3)=C2)c(C)c1. The topological polar surface area (TPSA) is 70.6 Å². The van der Waals surface area contributed by atoms with Gasteiger partial charge in [0.05, 0.1) is 0 Å². The Labute approximate surface area is 171 Å². The number of nitrogens with zero attached hydrogens (tertiary/aromatic N) is 1. The molecule has 0 radical (unpaired) electrons. The molecule has 1 aliphatic rings. The van der Waals surface area contributed by atoms with E-state index in [4.69, 9.17) is 0 Å². The molecule has 0 atom stereocenters. The number of allylic oxidation sites excluding steroid dienone is 1. The van der Waals surface area contributed by atoms with Crippen molar-refractivity contribution in [2.75, 3.05) is 5.32 Å². The zero-order valence-electron chi connectivity index (χ0n) is 16.7. The van der Waals surface area contributed by atoms with Crippen molar-refractivity contribution in [2.24, 2.45) is 4.40 Å². The third kappa shape index (κ3) is 4.32. The smallest absolute Gasteiger partial charge is 0.339 e. The van der Waals surface area contributed by atoms with Crippen LogP contribution in [-0.4, -0.2) is 14.3 Å². The molecule has 1 heterocycles. The van der Waals surface area contributed by atoms with Gasteiger partial charge in [-0.15, -0.1) is 4.40 Å². The first-order valence-electron chi connectivity index (χ1n) is 9.45. The molecule has 2 N–H and O–H groups in total. The maximum absolute atomic E-state index is 12.3. The molecular formula is C23H23N3O2S. The Morgan fingerprint density at radius 2 is 1.62 bits per heavy atom. The number of nitrogens with one attached hydrogen (secondary N) is 2. The van der Waals surface area contributed by atoms with Crippen LogP contribution in [0.3, 0.4) is 0 Å². The number of benzene rings is 3. The molecule has 0 bridgehead atoms. The van der Waals surface area contributed by atoms with Gasteiger partial charge in [0.2, 0.25) is 0 Å². The van der Waals surface area contributed by atoms with Crippen LogP contribution in [0.15, 0.2) is 70.8 Å². The molecule has 5 nitrogen and oxygen atoms in total. The quantitative estimate of drug-likeness (QED) is 0.672. The van der Waals surface area contributed by atoms with Gasteiger partial charge >= 0.3 is 10.2 Å². The summed E-state index contributed by atoms with van der Waals surface area (Å²) >= 11 is 0. The summed E-state index contributed by atoms with van der Waals surface area (Å²) in [5.41, 5.74) is 5.75. The van der Waals surface area contributed by atoms with E-state index in [9.17, 15) is 8.42 Å². The summed E-state index contributed by atoms with van der Waals surface area (Å²) in [6.45, 7) is 6.04. The van der Waals surface area contributed by atoms with Crippen molar-refractivity contribution in [1.29, 1.82) is 0 Å². The normalized spacial score (nSPS) is 15.4. The fraction of sp³-hybridized carbons (Fsp3) is 0.174. The van der Waals surface area contributed by atoms with Crippen LogP contribution in [0.5, 0.6) is 0 Å². The number of aryl methyl sites for hydroxylation is 3. The van der Waals surface area contributed by atoms with Crippen molar-refractivity contribution >= 4 is 32.5 Å². The van der Waals surface area contributed by atoms with Crippen molar-refractivity contribution in [3.8, 4) is 0 Å². The monoisotopic (exact) mass is 405 g/mol. The minimum absolute atomic E-state index is 0.314. The summed E-state index contributed by atoms with van der Waals surface area (Å²) in [7, 11) is -3.79. The van der Waals surface area contributed by atoms with Crippen LogP contribution in [0, 0.1) is 20.8 Å². The molecule has 1 aliphatic heterocycles. The average molecular weight is 406 g/mol. The Balaban J connectivity index is 1.64. The van der Waals surface area contributed by atoms with E-state index in [1.54, 1.807) is 6.08 Å². The van der Waals surface area contributed by atoms with Crippen LogP contribution in [-0.2, 0) is 16.6 Å². The van der Waals surface area contributed by atoms with Crippen molar-refractivity contribution in [1.82, 2.24) is 4.72 Å². The highest BCUT2D eigenvalue weighted by atomic mass is 32.2. The molecule has 4 rings (SSSR count). The van der Waals surface area contributed by atoms with Crippen LogP contribution >= 0.6 is 0 Å². The number of hydrogen-bond donors (Lipinski definition) is 2. The molecular weight excluding hydrogens is 382 g/mol. The van der Waals surface area contributed by atoms with Crippen LogP contribution in [0.1, 0.15) is 22.3 Å². The number of fused-ring (bicyclic) bond motifs is 1. The first-order valence-corrected chi connectivity index (χ1v) is 10.9. The Hall–Kier alpha value is -3.12. The maximum atomic E-state index is 12.3. The molecule has 6 heteroatoms. The van der Waals surface area contributed by atoms with Crippen LogP contribution in [0.4, 0.5) is 5.69 Å². The lowest BCUT2D eigenvalue weighted by Crippen LogP contribution is -2.30. The van der Waals surface area contributed by atoms with Gasteiger partial charge in [-0.05, 0) is 48.2 Å². The van der Waals surface area contributed by atoms with Crippen LogP contribution in [0.2, 0.25) is 0 Å². The van der Waals surface area contributed by atoms with Crippen LogP contribution in [0.25, 0.3) is 10.8 Å².